The number of thioether (sulfide) groups is 1. The number of Topliss-reactive ketones (excluding diaryl/α,β-unsaturated/α-hetero) is 1. The van der Waals surface area contributed by atoms with Gasteiger partial charge in [0.1, 0.15) is 18.0 Å². The molecule has 1 aromatic rings. The van der Waals surface area contributed by atoms with E-state index in [0.29, 0.717) is 37.6 Å². The third kappa shape index (κ3) is 10.1. The first-order valence-electron chi connectivity index (χ1n) is 12.9. The highest BCUT2D eigenvalue weighted by atomic mass is 79.9. The summed E-state index contributed by atoms with van der Waals surface area (Å²) in [5, 5.41) is 1.56. The summed E-state index contributed by atoms with van der Waals surface area (Å²) < 4.78 is 18.9. The predicted octanol–water partition coefficient (Wildman–Crippen LogP) is 3.28. The number of nitrogens with one attached hydrogen (secondary N) is 1. The molecule has 2 aliphatic rings. The zero-order chi connectivity index (χ0) is 31.6. The molecule has 0 spiro atoms. The zero-order valence-corrected chi connectivity index (χ0v) is 27.6. The van der Waals surface area contributed by atoms with Crippen molar-refractivity contribution in [1.29, 1.82) is 0 Å². The van der Waals surface area contributed by atoms with Crippen molar-refractivity contribution in [2.75, 3.05) is 57.2 Å². The number of alkyl carbamates (subject to hydrolysis) is 1. The van der Waals surface area contributed by atoms with Crippen LogP contribution in [0.2, 0.25) is 0 Å². The Hall–Kier alpha value is -2.23. The summed E-state index contributed by atoms with van der Waals surface area (Å²) in [6.45, 7) is 2.17. The van der Waals surface area contributed by atoms with Crippen LogP contribution in [0.25, 0.3) is 0 Å². The number of rotatable bonds is 13. The highest BCUT2D eigenvalue weighted by Gasteiger charge is 2.53. The lowest BCUT2D eigenvalue weighted by atomic mass is 10.0. The number of benzene rings is 1. The quantitative estimate of drug-likeness (QED) is 0.0795. The monoisotopic (exact) mass is 743 g/mol. The number of ether oxygens (including phenoxy) is 4. The normalized spacial score (nSPS) is 19.1. The van der Waals surface area contributed by atoms with Crippen LogP contribution >= 0.6 is 62.5 Å². The van der Waals surface area contributed by atoms with Gasteiger partial charge in [0.2, 0.25) is 3.79 Å². The van der Waals surface area contributed by atoms with Gasteiger partial charge in [0, 0.05) is 24.0 Å². The number of halogens is 4. The number of esters is 2. The van der Waals surface area contributed by atoms with Crippen LogP contribution in [0.5, 0.6) is 0 Å². The number of hydrogen-bond acceptors (Lipinski definition) is 11. The minimum absolute atomic E-state index is 0.131. The number of carbonyl (C=O) groups is 5. The third-order valence-corrected chi connectivity index (χ3v) is 8.10. The van der Waals surface area contributed by atoms with E-state index in [2.05, 4.69) is 21.2 Å². The van der Waals surface area contributed by atoms with Crippen LogP contribution < -0.4 is 5.32 Å². The number of allylic oxidation sites excluding steroid dienone is 1. The Labute approximate surface area is 275 Å². The Balaban J connectivity index is 1.92. The molecule has 0 aliphatic carbocycles. The molecule has 1 N–H and O–H groups in total. The lowest BCUT2D eigenvalue weighted by Gasteiger charge is -2.47. The van der Waals surface area contributed by atoms with E-state index in [0.717, 1.165) is 16.7 Å². The van der Waals surface area contributed by atoms with E-state index in [4.69, 9.17) is 53.8 Å². The van der Waals surface area contributed by atoms with Crippen molar-refractivity contribution in [2.24, 2.45) is 0 Å². The van der Waals surface area contributed by atoms with Crippen molar-refractivity contribution in [1.82, 2.24) is 15.1 Å². The summed E-state index contributed by atoms with van der Waals surface area (Å²) >= 11 is 21.3. The average Bonchev–Trinajstić information content (AvgIpc) is 2.99. The molecule has 43 heavy (non-hydrogen) atoms. The Bertz CT molecular complexity index is 1210. The van der Waals surface area contributed by atoms with Gasteiger partial charge in [-0.2, -0.15) is 0 Å². The summed E-state index contributed by atoms with van der Waals surface area (Å²) in [6.07, 6.45) is -1.05. The second-order valence-electron chi connectivity index (χ2n) is 8.92. The maximum atomic E-state index is 13.7. The smallest absolute Gasteiger partial charge is 0.408 e. The molecule has 1 aromatic carbocycles. The fourth-order valence-corrected chi connectivity index (χ4v) is 5.98. The molecule has 2 amide bonds. The van der Waals surface area contributed by atoms with Gasteiger partial charge in [-0.25, -0.2) is 9.59 Å². The maximum Gasteiger partial charge on any atom is 0.408 e. The Morgan fingerprint density at radius 3 is 2.37 bits per heavy atom. The lowest BCUT2D eigenvalue weighted by Crippen LogP contribution is -2.70. The van der Waals surface area contributed by atoms with Crippen LogP contribution in [0.3, 0.4) is 0 Å². The van der Waals surface area contributed by atoms with Crippen molar-refractivity contribution in [3.05, 3.63) is 47.3 Å². The molecule has 0 radical (unpaired) electrons. The van der Waals surface area contributed by atoms with Crippen LogP contribution in [-0.2, 0) is 33.3 Å². The molecule has 2 fully saturated rings. The van der Waals surface area contributed by atoms with Gasteiger partial charge in [0.25, 0.3) is 5.91 Å². The number of β-lactam (4-membered cyclic amide) rings is 1. The first kappa shape index (κ1) is 35.3. The Morgan fingerprint density at radius 1 is 1.09 bits per heavy atom. The van der Waals surface area contributed by atoms with Crippen LogP contribution in [0, 0.1) is 0 Å². The minimum Gasteiger partial charge on any atom is -0.465 e. The first-order chi connectivity index (χ1) is 20.5. The van der Waals surface area contributed by atoms with Crippen molar-refractivity contribution >= 4 is 92.2 Å². The summed E-state index contributed by atoms with van der Waals surface area (Å²) in [5.74, 6) is -2.86. The molecule has 2 heterocycles. The largest absolute Gasteiger partial charge is 0.465 e. The second-order valence-corrected chi connectivity index (χ2v) is 13.1. The fourth-order valence-electron chi connectivity index (χ4n) is 4.07. The number of alkyl halides is 4. The molecule has 2 aliphatic heterocycles. The Morgan fingerprint density at radius 2 is 1.77 bits per heavy atom. The van der Waals surface area contributed by atoms with Crippen LogP contribution in [0.1, 0.15) is 17.3 Å². The van der Waals surface area contributed by atoms with Crippen LogP contribution in [0.4, 0.5) is 4.79 Å². The van der Waals surface area contributed by atoms with Crippen molar-refractivity contribution in [3.63, 3.8) is 0 Å². The highest BCUT2D eigenvalue weighted by Crippen LogP contribution is 2.37. The number of hydrogen-bond donors (Lipinski definition) is 1. The summed E-state index contributed by atoms with van der Waals surface area (Å²) in [7, 11) is 0. The fraction of sp³-hybridized carbons (Fsp3) is 0.500. The van der Waals surface area contributed by atoms with Gasteiger partial charge in [-0.1, -0.05) is 81.1 Å². The zero-order valence-electron chi connectivity index (χ0n) is 22.9. The number of likely N-dealkylation sites (tertiary alicyclic amines) is 1. The molecule has 2 unspecified atom stereocenters. The van der Waals surface area contributed by atoms with Gasteiger partial charge in [0.15, 0.2) is 18.1 Å². The lowest BCUT2D eigenvalue weighted by molar-refractivity contribution is -0.151. The topological polar surface area (TPSA) is 141 Å². The molecular formula is C26H29BrCl3N3O9S. The van der Waals surface area contributed by atoms with Gasteiger partial charge in [-0.15, -0.1) is 11.8 Å². The number of nitrogens with zero attached hydrogens (tertiary/aromatic N) is 2. The van der Waals surface area contributed by atoms with Crippen LogP contribution in [0.15, 0.2) is 41.7 Å². The summed E-state index contributed by atoms with van der Waals surface area (Å²) in [4.78, 5) is 67.5. The second kappa shape index (κ2) is 16.7. The van der Waals surface area contributed by atoms with Gasteiger partial charge < -0.3 is 29.2 Å². The van der Waals surface area contributed by atoms with E-state index in [-0.39, 0.29) is 23.4 Å². The molecule has 0 saturated carbocycles. The molecule has 2 saturated heterocycles. The molecule has 0 aromatic heterocycles. The van der Waals surface area contributed by atoms with E-state index in [1.807, 2.05) is 4.90 Å². The first-order valence-corrected chi connectivity index (χ1v) is 16.2. The summed E-state index contributed by atoms with van der Waals surface area (Å²) in [5.41, 5.74) is 0.585. The number of morpholine rings is 1. The maximum absolute atomic E-state index is 13.7. The van der Waals surface area contributed by atoms with Crippen LogP contribution in [-0.4, -0.2) is 112 Å². The van der Waals surface area contributed by atoms with Gasteiger partial charge >= 0.3 is 18.0 Å². The average molecular weight is 746 g/mol. The molecule has 3 rings (SSSR count). The van der Waals surface area contributed by atoms with E-state index >= 15 is 0 Å². The molecular weight excluding hydrogens is 717 g/mol. The molecule has 17 heteroatoms. The van der Waals surface area contributed by atoms with E-state index in [1.54, 1.807) is 37.3 Å². The summed E-state index contributed by atoms with van der Waals surface area (Å²) in [6, 6.07) is 7.05. The van der Waals surface area contributed by atoms with Crippen molar-refractivity contribution in [2.45, 2.75) is 22.1 Å². The third-order valence-electron chi connectivity index (χ3n) is 6.02. The van der Waals surface area contributed by atoms with E-state index < -0.39 is 58.1 Å². The molecule has 0 bridgehead atoms. The van der Waals surface area contributed by atoms with Gasteiger partial charge in [-0.05, 0) is 6.92 Å². The van der Waals surface area contributed by atoms with Gasteiger partial charge in [0.05, 0.1) is 31.3 Å². The SMILES string of the molecule is CCOC(=O)CSC1C(NC(=O)OCC(Cl)(Cl)Cl)C(=O)N1C(C(=O)OCC(=O)c1ccccc1)=C(CBr)N1CCOCC1. The van der Waals surface area contributed by atoms with Gasteiger partial charge in [-0.3, -0.25) is 19.3 Å². The molecule has 236 valence electrons. The van der Waals surface area contributed by atoms with E-state index in [9.17, 15) is 24.0 Å². The number of ketones is 1. The van der Waals surface area contributed by atoms with E-state index in [1.165, 1.54) is 0 Å². The van der Waals surface area contributed by atoms with Crippen molar-refractivity contribution in [3.8, 4) is 0 Å². The highest BCUT2D eigenvalue weighted by molar-refractivity contribution is 9.09. The molecule has 12 nitrogen and oxygen atoms in total. The number of amides is 2. The molecule has 2 atom stereocenters. The predicted molar refractivity (Wildman–Crippen MR) is 163 cm³/mol. The Kier molecular flexibility index (Phi) is 13.7. The van der Waals surface area contributed by atoms with Crippen molar-refractivity contribution < 1.29 is 42.9 Å². The minimum atomic E-state index is -1.88. The number of carbonyl (C=O) groups excluding carboxylic acids is 5. The standard InChI is InChI=1S/C26H29BrCl3N3O9S/c1-2-40-19(35)14-43-23-20(31-25(38)42-15-26(28,29)30)22(36)33(23)21(17(12-27)32-8-10-39-11-9-32)24(37)41-13-18(34)16-6-4-3-5-7-16/h3-7,20,23H,2,8-15H2,1H3,(H,31,38).